The van der Waals surface area contributed by atoms with Crippen molar-refractivity contribution in [1.29, 1.82) is 0 Å². The summed E-state index contributed by atoms with van der Waals surface area (Å²) in [7, 11) is 0. The van der Waals surface area contributed by atoms with E-state index < -0.39 is 5.54 Å². The summed E-state index contributed by atoms with van der Waals surface area (Å²) in [6.07, 6.45) is 0.737. The predicted octanol–water partition coefficient (Wildman–Crippen LogP) is 3.28. The van der Waals surface area contributed by atoms with Crippen LogP contribution in [0.2, 0.25) is 5.02 Å². The maximum atomic E-state index is 6.09. The minimum atomic E-state index is -0.575. The SMILES string of the molecule is CCC(C)(N)c1noc(-c2cccc(Cl)c2C)n1. The normalized spacial score (nSPS) is 14.5. The fourth-order valence-corrected chi connectivity index (χ4v) is 1.74. The minimum Gasteiger partial charge on any atom is -0.334 e. The van der Waals surface area contributed by atoms with Crippen molar-refractivity contribution < 1.29 is 4.52 Å². The predicted molar refractivity (Wildman–Crippen MR) is 71.3 cm³/mol. The molecule has 1 unspecified atom stereocenters. The molecule has 0 saturated carbocycles. The van der Waals surface area contributed by atoms with E-state index in [1.54, 1.807) is 0 Å². The lowest BCUT2D eigenvalue weighted by Crippen LogP contribution is -2.33. The summed E-state index contributed by atoms with van der Waals surface area (Å²) in [5.41, 5.74) is 7.27. The Kier molecular flexibility index (Phi) is 3.41. The topological polar surface area (TPSA) is 64.9 Å². The molecule has 0 saturated heterocycles. The Labute approximate surface area is 111 Å². The minimum absolute atomic E-state index is 0.454. The molecule has 0 radical (unpaired) electrons. The first-order chi connectivity index (χ1) is 8.45. The number of nitrogens with zero attached hydrogens (tertiary/aromatic N) is 2. The van der Waals surface area contributed by atoms with Crippen LogP contribution in [0.15, 0.2) is 22.7 Å². The van der Waals surface area contributed by atoms with Gasteiger partial charge in [0.15, 0.2) is 5.82 Å². The van der Waals surface area contributed by atoms with Crippen molar-refractivity contribution in [3.63, 3.8) is 0 Å². The van der Waals surface area contributed by atoms with E-state index in [9.17, 15) is 0 Å². The van der Waals surface area contributed by atoms with Gasteiger partial charge in [-0.05, 0) is 38.0 Å². The van der Waals surface area contributed by atoms with Gasteiger partial charge < -0.3 is 10.3 Å². The van der Waals surface area contributed by atoms with E-state index in [1.165, 1.54) is 0 Å². The maximum absolute atomic E-state index is 6.09. The lowest BCUT2D eigenvalue weighted by atomic mass is 10.00. The van der Waals surface area contributed by atoms with Crippen molar-refractivity contribution in [2.75, 3.05) is 0 Å². The van der Waals surface area contributed by atoms with Crippen LogP contribution in [0, 0.1) is 6.92 Å². The van der Waals surface area contributed by atoms with Gasteiger partial charge in [-0.3, -0.25) is 0 Å². The molecule has 1 aromatic heterocycles. The van der Waals surface area contributed by atoms with Gasteiger partial charge in [-0.25, -0.2) is 0 Å². The molecule has 0 aliphatic carbocycles. The van der Waals surface area contributed by atoms with Gasteiger partial charge in [0.05, 0.1) is 5.54 Å². The zero-order valence-corrected chi connectivity index (χ0v) is 11.5. The lowest BCUT2D eigenvalue weighted by Gasteiger charge is -2.16. The first-order valence-electron chi connectivity index (χ1n) is 5.84. The Morgan fingerprint density at radius 1 is 1.44 bits per heavy atom. The van der Waals surface area contributed by atoms with Crippen molar-refractivity contribution in [3.8, 4) is 11.5 Å². The van der Waals surface area contributed by atoms with E-state index in [1.807, 2.05) is 39.0 Å². The van der Waals surface area contributed by atoms with Crippen LogP contribution in [-0.2, 0) is 5.54 Å². The van der Waals surface area contributed by atoms with Gasteiger partial charge in [-0.1, -0.05) is 29.7 Å². The smallest absolute Gasteiger partial charge is 0.258 e. The van der Waals surface area contributed by atoms with Crippen LogP contribution in [0.3, 0.4) is 0 Å². The molecule has 96 valence electrons. The van der Waals surface area contributed by atoms with Gasteiger partial charge in [0.2, 0.25) is 0 Å². The number of nitrogens with two attached hydrogens (primary N) is 1. The average Bonchev–Trinajstić information content (AvgIpc) is 2.82. The van der Waals surface area contributed by atoms with Crippen LogP contribution in [0.4, 0.5) is 0 Å². The van der Waals surface area contributed by atoms with Crippen LogP contribution in [-0.4, -0.2) is 10.1 Å². The summed E-state index contributed by atoms with van der Waals surface area (Å²) in [6, 6.07) is 5.59. The Morgan fingerprint density at radius 2 is 2.17 bits per heavy atom. The molecular weight excluding hydrogens is 250 g/mol. The Hall–Kier alpha value is -1.39. The molecule has 0 bridgehead atoms. The number of halogens is 1. The molecule has 1 aromatic carbocycles. The zero-order chi connectivity index (χ0) is 13.3. The monoisotopic (exact) mass is 265 g/mol. The third kappa shape index (κ3) is 2.26. The molecular formula is C13H16ClN3O. The number of hydrogen-bond acceptors (Lipinski definition) is 4. The first-order valence-corrected chi connectivity index (χ1v) is 6.22. The van der Waals surface area contributed by atoms with Crippen LogP contribution in [0.1, 0.15) is 31.7 Å². The standard InChI is InChI=1S/C13H16ClN3O/c1-4-13(3,15)12-16-11(18-17-12)9-6-5-7-10(14)8(9)2/h5-7H,4,15H2,1-3H3. The molecule has 2 rings (SSSR count). The summed E-state index contributed by atoms with van der Waals surface area (Å²) in [5, 5.41) is 4.63. The molecule has 4 nitrogen and oxygen atoms in total. The number of hydrogen-bond donors (Lipinski definition) is 1. The highest BCUT2D eigenvalue weighted by molar-refractivity contribution is 6.31. The summed E-state index contributed by atoms with van der Waals surface area (Å²) in [4.78, 5) is 4.36. The summed E-state index contributed by atoms with van der Waals surface area (Å²) < 4.78 is 5.27. The molecule has 0 aliphatic heterocycles. The molecule has 1 heterocycles. The average molecular weight is 266 g/mol. The van der Waals surface area contributed by atoms with Crippen molar-refractivity contribution >= 4 is 11.6 Å². The molecule has 1 atom stereocenters. The summed E-state index contributed by atoms with van der Waals surface area (Å²) >= 11 is 6.07. The van der Waals surface area contributed by atoms with E-state index in [2.05, 4.69) is 10.1 Å². The maximum Gasteiger partial charge on any atom is 0.258 e. The molecule has 0 amide bonds. The highest BCUT2D eigenvalue weighted by Gasteiger charge is 2.26. The lowest BCUT2D eigenvalue weighted by molar-refractivity contribution is 0.379. The van der Waals surface area contributed by atoms with Gasteiger partial charge in [-0.15, -0.1) is 0 Å². The molecule has 0 aliphatic rings. The van der Waals surface area contributed by atoms with Crippen LogP contribution in [0.5, 0.6) is 0 Å². The van der Waals surface area contributed by atoms with E-state index in [4.69, 9.17) is 21.9 Å². The molecule has 0 fully saturated rings. The molecule has 5 heteroatoms. The number of aromatic nitrogens is 2. The number of benzene rings is 1. The van der Waals surface area contributed by atoms with E-state index in [0.717, 1.165) is 17.5 Å². The molecule has 2 N–H and O–H groups in total. The second-order valence-electron chi connectivity index (χ2n) is 4.61. The zero-order valence-electron chi connectivity index (χ0n) is 10.7. The fraction of sp³-hybridized carbons (Fsp3) is 0.385. The number of rotatable bonds is 3. The van der Waals surface area contributed by atoms with Crippen LogP contribution >= 0.6 is 11.6 Å². The van der Waals surface area contributed by atoms with Gasteiger partial charge in [-0.2, -0.15) is 4.98 Å². The quantitative estimate of drug-likeness (QED) is 0.925. The third-order valence-corrected chi connectivity index (χ3v) is 3.58. The first kappa shape index (κ1) is 13.1. The van der Waals surface area contributed by atoms with E-state index >= 15 is 0 Å². The highest BCUT2D eigenvalue weighted by Crippen LogP contribution is 2.28. The molecule has 18 heavy (non-hydrogen) atoms. The summed E-state index contributed by atoms with van der Waals surface area (Å²) in [5.74, 6) is 0.967. The van der Waals surface area contributed by atoms with Gasteiger partial charge >= 0.3 is 0 Å². The van der Waals surface area contributed by atoms with Crippen molar-refractivity contribution in [1.82, 2.24) is 10.1 Å². The van der Waals surface area contributed by atoms with Crippen LogP contribution in [0.25, 0.3) is 11.5 Å². The largest absolute Gasteiger partial charge is 0.334 e. The second kappa shape index (κ2) is 4.71. The van der Waals surface area contributed by atoms with Gasteiger partial charge in [0.25, 0.3) is 5.89 Å². The Bertz CT molecular complexity index is 563. The fourth-order valence-electron chi connectivity index (χ4n) is 1.56. The highest BCUT2D eigenvalue weighted by atomic mass is 35.5. The van der Waals surface area contributed by atoms with Gasteiger partial charge in [0, 0.05) is 10.6 Å². The third-order valence-electron chi connectivity index (χ3n) is 3.17. The van der Waals surface area contributed by atoms with E-state index in [-0.39, 0.29) is 0 Å². The van der Waals surface area contributed by atoms with Crippen LogP contribution < -0.4 is 5.73 Å². The van der Waals surface area contributed by atoms with Crippen molar-refractivity contribution in [2.45, 2.75) is 32.7 Å². The van der Waals surface area contributed by atoms with Crippen molar-refractivity contribution in [3.05, 3.63) is 34.6 Å². The molecule has 2 aromatic rings. The molecule has 0 spiro atoms. The van der Waals surface area contributed by atoms with E-state index in [0.29, 0.717) is 16.7 Å². The Morgan fingerprint density at radius 3 is 2.83 bits per heavy atom. The van der Waals surface area contributed by atoms with Crippen molar-refractivity contribution in [2.24, 2.45) is 5.73 Å². The Balaban J connectivity index is 2.45. The van der Waals surface area contributed by atoms with Gasteiger partial charge in [0.1, 0.15) is 0 Å². The second-order valence-corrected chi connectivity index (χ2v) is 5.01. The summed E-state index contributed by atoms with van der Waals surface area (Å²) in [6.45, 7) is 5.79.